The van der Waals surface area contributed by atoms with Crippen LogP contribution in [0.5, 0.6) is 11.5 Å². The molecule has 0 radical (unpaired) electrons. The number of carbonyl (C=O) groups excluding carboxylic acids is 1. The van der Waals surface area contributed by atoms with E-state index in [1.54, 1.807) is 47.3 Å². The summed E-state index contributed by atoms with van der Waals surface area (Å²) in [6.45, 7) is 2.80. The molecule has 1 atom stereocenters. The average Bonchev–Trinajstić information content (AvgIpc) is 3.18. The molecule has 1 unspecified atom stereocenters. The van der Waals surface area contributed by atoms with E-state index in [1.807, 2.05) is 6.20 Å². The summed E-state index contributed by atoms with van der Waals surface area (Å²) >= 11 is 0. The first kappa shape index (κ1) is 18.9. The molecule has 1 fully saturated rings. The molecule has 8 heteroatoms. The first-order valence-electron chi connectivity index (χ1n) is 9.08. The second-order valence-electron chi connectivity index (χ2n) is 6.95. The van der Waals surface area contributed by atoms with Crippen LogP contribution >= 0.6 is 0 Å². The number of halogens is 2. The van der Waals surface area contributed by atoms with E-state index >= 15 is 0 Å². The van der Waals surface area contributed by atoms with Crippen molar-refractivity contribution in [1.82, 2.24) is 14.3 Å². The lowest BCUT2D eigenvalue weighted by Crippen LogP contribution is -2.55. The molecule has 1 aliphatic rings. The highest BCUT2D eigenvalue weighted by atomic mass is 19.3. The van der Waals surface area contributed by atoms with Crippen molar-refractivity contribution in [1.29, 1.82) is 0 Å². The fourth-order valence-corrected chi connectivity index (χ4v) is 3.44. The van der Waals surface area contributed by atoms with Gasteiger partial charge in [-0.3, -0.25) is 4.79 Å². The number of amides is 1. The van der Waals surface area contributed by atoms with Gasteiger partial charge >= 0.3 is 5.92 Å². The molecule has 6 nitrogen and oxygen atoms in total. The van der Waals surface area contributed by atoms with Gasteiger partial charge in [0.25, 0.3) is 0 Å². The lowest BCUT2D eigenvalue weighted by atomic mass is 10.0. The van der Waals surface area contributed by atoms with Crippen molar-refractivity contribution in [3.05, 3.63) is 61.7 Å². The van der Waals surface area contributed by atoms with Gasteiger partial charge in [-0.1, -0.05) is 18.7 Å². The summed E-state index contributed by atoms with van der Waals surface area (Å²) in [5.41, 5.74) is 2.09. The maximum absolute atomic E-state index is 14.7. The highest BCUT2D eigenvalue weighted by molar-refractivity contribution is 5.87. The molecule has 3 heterocycles. The summed E-state index contributed by atoms with van der Waals surface area (Å²) in [6.07, 6.45) is 4.58. The summed E-state index contributed by atoms with van der Waals surface area (Å²) in [5, 5.41) is 9.49. The van der Waals surface area contributed by atoms with E-state index in [2.05, 4.69) is 11.6 Å². The van der Waals surface area contributed by atoms with Gasteiger partial charge in [0.15, 0.2) is 6.10 Å². The molecular weight excluding hydrogens is 380 g/mol. The van der Waals surface area contributed by atoms with Gasteiger partial charge in [0.1, 0.15) is 17.0 Å². The number of hydrogen-bond acceptors (Lipinski definition) is 4. The number of imidazole rings is 1. The van der Waals surface area contributed by atoms with Gasteiger partial charge in [0.2, 0.25) is 5.91 Å². The van der Waals surface area contributed by atoms with Gasteiger partial charge in [0, 0.05) is 24.7 Å². The maximum atomic E-state index is 14.7. The number of aromatic nitrogens is 2. The zero-order valence-electron chi connectivity index (χ0n) is 15.5. The molecule has 3 aromatic rings. The van der Waals surface area contributed by atoms with Gasteiger partial charge in [-0.2, -0.15) is 0 Å². The second-order valence-corrected chi connectivity index (χ2v) is 6.95. The maximum Gasteiger partial charge on any atom is 0.301 e. The van der Waals surface area contributed by atoms with E-state index in [0.29, 0.717) is 5.52 Å². The Kier molecular flexibility index (Phi) is 4.70. The molecule has 1 aliphatic heterocycles. The quantitative estimate of drug-likeness (QED) is 0.682. The van der Waals surface area contributed by atoms with Crippen LogP contribution in [-0.4, -0.2) is 50.4 Å². The van der Waals surface area contributed by atoms with E-state index in [4.69, 9.17) is 4.74 Å². The Morgan fingerprint density at radius 1 is 1.31 bits per heavy atom. The smallest absolute Gasteiger partial charge is 0.301 e. The molecule has 29 heavy (non-hydrogen) atoms. The Morgan fingerprint density at radius 2 is 2.07 bits per heavy atom. The number of fused-ring (bicyclic) bond motifs is 1. The minimum Gasteiger partial charge on any atom is -0.508 e. The molecule has 0 aliphatic carbocycles. The van der Waals surface area contributed by atoms with Crippen LogP contribution < -0.4 is 4.74 Å². The van der Waals surface area contributed by atoms with Crippen molar-refractivity contribution in [2.24, 2.45) is 0 Å². The second kappa shape index (κ2) is 7.20. The molecule has 150 valence electrons. The molecule has 2 aromatic heterocycles. The van der Waals surface area contributed by atoms with Gasteiger partial charge in [0.05, 0.1) is 19.1 Å². The van der Waals surface area contributed by atoms with Gasteiger partial charge in [-0.15, -0.1) is 0 Å². The molecule has 0 bridgehead atoms. The van der Waals surface area contributed by atoms with Crippen molar-refractivity contribution in [2.75, 3.05) is 13.1 Å². The van der Waals surface area contributed by atoms with Crippen LogP contribution in [0.3, 0.4) is 0 Å². The number of pyridine rings is 1. The number of benzene rings is 1. The largest absolute Gasteiger partial charge is 0.508 e. The Morgan fingerprint density at radius 3 is 2.76 bits per heavy atom. The monoisotopic (exact) mass is 399 g/mol. The van der Waals surface area contributed by atoms with Crippen LogP contribution in [0, 0.1) is 0 Å². The van der Waals surface area contributed by atoms with Crippen molar-refractivity contribution in [2.45, 2.75) is 18.4 Å². The third-order valence-electron chi connectivity index (χ3n) is 4.97. The number of piperidine rings is 1. The molecule has 1 aromatic carbocycles. The number of carbonyl (C=O) groups is 1. The molecule has 0 saturated carbocycles. The summed E-state index contributed by atoms with van der Waals surface area (Å²) < 4.78 is 36.8. The lowest BCUT2D eigenvalue weighted by Gasteiger charge is -2.37. The number of hydrogen-bond donors (Lipinski definition) is 1. The first-order valence-corrected chi connectivity index (χ1v) is 9.08. The summed E-state index contributed by atoms with van der Waals surface area (Å²) in [5.74, 6) is -3.31. The van der Waals surface area contributed by atoms with Crippen LogP contribution in [0.25, 0.3) is 16.6 Å². The highest BCUT2D eigenvalue weighted by Gasteiger charge is 2.47. The molecular formula is C21H19F2N3O3. The van der Waals surface area contributed by atoms with Gasteiger partial charge < -0.3 is 19.1 Å². The van der Waals surface area contributed by atoms with Gasteiger partial charge in [-0.25, -0.2) is 13.8 Å². The predicted molar refractivity (Wildman–Crippen MR) is 103 cm³/mol. The number of nitrogens with zero attached hydrogens (tertiary/aromatic N) is 3. The number of aromatic hydroxyl groups is 1. The Hall–Kier alpha value is -3.42. The summed E-state index contributed by atoms with van der Waals surface area (Å²) in [6, 6.07) is 8.24. The van der Waals surface area contributed by atoms with Crippen molar-refractivity contribution in [3.8, 4) is 22.6 Å². The highest BCUT2D eigenvalue weighted by Crippen LogP contribution is 2.35. The lowest BCUT2D eigenvalue weighted by molar-refractivity contribution is -0.156. The fraction of sp³-hybridized carbons (Fsp3) is 0.238. The number of phenolic OH excluding ortho intramolecular Hbond substituents is 1. The average molecular weight is 399 g/mol. The number of likely N-dealkylation sites (tertiary alicyclic amines) is 1. The van der Waals surface area contributed by atoms with Crippen LogP contribution in [0.15, 0.2) is 61.7 Å². The third kappa shape index (κ3) is 3.65. The minimum absolute atomic E-state index is 0.00366. The van der Waals surface area contributed by atoms with E-state index in [0.717, 1.165) is 22.1 Å². The van der Waals surface area contributed by atoms with Crippen LogP contribution in [0.1, 0.15) is 6.42 Å². The van der Waals surface area contributed by atoms with E-state index in [9.17, 15) is 18.7 Å². The molecule has 1 saturated heterocycles. The molecule has 0 spiro atoms. The standard InChI is InChI=1S/C21H19F2N3O3/c1-2-20(28)25-8-7-19(21(22,23)12-25)29-18-9-15(11-26-13-24-10-17(18)26)14-3-5-16(27)6-4-14/h2-6,9-11,13,19,27H,1,7-8,12H2. The van der Waals surface area contributed by atoms with E-state index < -0.39 is 24.5 Å². The van der Waals surface area contributed by atoms with E-state index in [1.165, 1.54) is 0 Å². The summed E-state index contributed by atoms with van der Waals surface area (Å²) in [4.78, 5) is 16.8. The normalized spacial score (nSPS) is 18.6. The van der Waals surface area contributed by atoms with Crippen LogP contribution in [-0.2, 0) is 4.79 Å². The van der Waals surface area contributed by atoms with Gasteiger partial charge in [-0.05, 0) is 29.8 Å². The van der Waals surface area contributed by atoms with Crippen molar-refractivity contribution >= 4 is 11.4 Å². The minimum atomic E-state index is -3.21. The number of ether oxygens (including phenoxy) is 1. The first-order chi connectivity index (χ1) is 13.9. The molecule has 4 rings (SSSR count). The Labute approximate surface area is 165 Å². The van der Waals surface area contributed by atoms with E-state index in [-0.39, 0.29) is 24.5 Å². The SMILES string of the molecule is C=CC(=O)N1CCC(Oc2cc(-c3ccc(O)cc3)cn3cncc23)C(F)(F)C1. The van der Waals surface area contributed by atoms with Crippen LogP contribution in [0.4, 0.5) is 8.78 Å². The van der Waals surface area contributed by atoms with Crippen LogP contribution in [0.2, 0.25) is 0 Å². The topological polar surface area (TPSA) is 67.1 Å². The van der Waals surface area contributed by atoms with Crippen molar-refractivity contribution in [3.63, 3.8) is 0 Å². The molecule has 1 amide bonds. The summed E-state index contributed by atoms with van der Waals surface area (Å²) in [7, 11) is 0. The number of rotatable bonds is 4. The van der Waals surface area contributed by atoms with Crippen molar-refractivity contribution < 1.29 is 23.4 Å². The zero-order chi connectivity index (χ0) is 20.6. The third-order valence-corrected chi connectivity index (χ3v) is 4.97. The predicted octanol–water partition coefficient (Wildman–Crippen LogP) is 3.51. The Bertz CT molecular complexity index is 1060. The Balaban J connectivity index is 1.65. The number of alkyl halides is 2. The zero-order valence-corrected chi connectivity index (χ0v) is 15.5. The number of phenols is 1. The molecule has 1 N–H and O–H groups in total. The fourth-order valence-electron chi connectivity index (χ4n) is 3.44.